The highest BCUT2D eigenvalue weighted by atomic mass is 35.5. The van der Waals surface area contributed by atoms with E-state index in [2.05, 4.69) is 32.2 Å². The molecule has 1 nitrogen and oxygen atoms in total. The van der Waals surface area contributed by atoms with Gasteiger partial charge in [-0.25, -0.2) is 0 Å². The molecule has 0 aliphatic carbocycles. The van der Waals surface area contributed by atoms with E-state index in [1.54, 1.807) is 0 Å². The van der Waals surface area contributed by atoms with E-state index < -0.39 is 0 Å². The van der Waals surface area contributed by atoms with Gasteiger partial charge in [-0.05, 0) is 37.1 Å². The smallest absolute Gasteiger partial charge is 0.0408 e. The summed E-state index contributed by atoms with van der Waals surface area (Å²) >= 11 is 5.95. The molecule has 0 saturated heterocycles. The average Bonchev–Trinajstić information content (AvgIpc) is 2.17. The molecule has 2 atom stereocenters. The molecule has 14 heavy (non-hydrogen) atoms. The molecule has 0 aliphatic rings. The highest BCUT2D eigenvalue weighted by Crippen LogP contribution is 2.21. The van der Waals surface area contributed by atoms with Gasteiger partial charge in [0.15, 0.2) is 0 Å². The lowest BCUT2D eigenvalue weighted by Crippen LogP contribution is -2.30. The van der Waals surface area contributed by atoms with Crippen LogP contribution in [0.25, 0.3) is 0 Å². The van der Waals surface area contributed by atoms with Gasteiger partial charge in [0.2, 0.25) is 0 Å². The Balaban J connectivity index is 2.73. The van der Waals surface area contributed by atoms with Crippen LogP contribution in [0.3, 0.4) is 0 Å². The van der Waals surface area contributed by atoms with Crippen molar-refractivity contribution in [2.45, 2.75) is 32.7 Å². The van der Waals surface area contributed by atoms with Gasteiger partial charge < -0.3 is 5.32 Å². The average molecular weight is 212 g/mol. The maximum Gasteiger partial charge on any atom is 0.0408 e. The van der Waals surface area contributed by atoms with Crippen LogP contribution in [-0.2, 0) is 0 Å². The van der Waals surface area contributed by atoms with Crippen molar-refractivity contribution in [3.63, 3.8) is 0 Å². The number of hydrogen-bond donors (Lipinski definition) is 1. The van der Waals surface area contributed by atoms with Gasteiger partial charge >= 0.3 is 0 Å². The van der Waals surface area contributed by atoms with Gasteiger partial charge in [-0.1, -0.05) is 37.6 Å². The zero-order valence-electron chi connectivity index (χ0n) is 9.05. The van der Waals surface area contributed by atoms with Crippen molar-refractivity contribution in [2.75, 3.05) is 6.54 Å². The quantitative estimate of drug-likeness (QED) is 0.805. The largest absolute Gasteiger partial charge is 0.314 e. The van der Waals surface area contributed by atoms with Crippen LogP contribution < -0.4 is 5.32 Å². The van der Waals surface area contributed by atoms with Gasteiger partial charge in [0.1, 0.15) is 0 Å². The van der Waals surface area contributed by atoms with E-state index in [1.165, 1.54) is 5.56 Å². The second kappa shape index (κ2) is 5.38. The van der Waals surface area contributed by atoms with Gasteiger partial charge in [-0.2, -0.15) is 0 Å². The number of rotatable bonds is 4. The minimum Gasteiger partial charge on any atom is -0.314 e. The molecule has 1 rings (SSSR count). The van der Waals surface area contributed by atoms with E-state index in [4.69, 9.17) is 11.6 Å². The molecule has 2 heteroatoms. The third-order valence-electron chi connectivity index (χ3n) is 2.65. The van der Waals surface area contributed by atoms with Gasteiger partial charge in [0, 0.05) is 11.1 Å². The first-order valence-electron chi connectivity index (χ1n) is 5.14. The molecule has 78 valence electrons. The molecule has 0 saturated carbocycles. The number of nitrogens with one attached hydrogen (secondary N) is 1. The molecule has 1 N–H and O–H groups in total. The summed E-state index contributed by atoms with van der Waals surface area (Å²) in [5.41, 5.74) is 1.30. The van der Waals surface area contributed by atoms with Gasteiger partial charge in [0.25, 0.3) is 0 Å². The molecule has 0 bridgehead atoms. The summed E-state index contributed by atoms with van der Waals surface area (Å²) in [4.78, 5) is 0. The van der Waals surface area contributed by atoms with Crippen molar-refractivity contribution >= 4 is 11.6 Å². The zero-order valence-corrected chi connectivity index (χ0v) is 9.81. The second-order valence-corrected chi connectivity index (χ2v) is 4.13. The zero-order chi connectivity index (χ0) is 10.6. The fraction of sp³-hybridized carbons (Fsp3) is 0.500. The summed E-state index contributed by atoms with van der Waals surface area (Å²) < 4.78 is 0. The predicted molar refractivity (Wildman–Crippen MR) is 63.0 cm³/mol. The first-order chi connectivity index (χ1) is 6.65. The number of likely N-dealkylation sites (N-methyl/N-ethyl adjacent to an activating group) is 1. The van der Waals surface area contributed by atoms with E-state index in [0.717, 1.165) is 11.6 Å². The summed E-state index contributed by atoms with van der Waals surface area (Å²) in [6.45, 7) is 7.56. The van der Waals surface area contributed by atoms with Crippen molar-refractivity contribution in [1.29, 1.82) is 0 Å². The Morgan fingerprint density at radius 2 is 2.07 bits per heavy atom. The molecule has 0 spiro atoms. The maximum absolute atomic E-state index is 5.95. The van der Waals surface area contributed by atoms with E-state index >= 15 is 0 Å². The fourth-order valence-corrected chi connectivity index (χ4v) is 1.78. The summed E-state index contributed by atoms with van der Waals surface area (Å²) in [6, 6.07) is 8.57. The van der Waals surface area contributed by atoms with Crippen LogP contribution in [-0.4, -0.2) is 12.6 Å². The molecular formula is C12H18ClN. The molecule has 0 amide bonds. The molecule has 2 unspecified atom stereocenters. The van der Waals surface area contributed by atoms with Crippen LogP contribution in [0.2, 0.25) is 5.02 Å². The summed E-state index contributed by atoms with van der Waals surface area (Å²) in [6.07, 6.45) is 0. The Labute approximate surface area is 91.5 Å². The minimum atomic E-state index is 0.485. The SMILES string of the molecule is CCNC(C)C(C)c1cccc(Cl)c1. The molecule has 0 radical (unpaired) electrons. The van der Waals surface area contributed by atoms with Crippen molar-refractivity contribution in [3.05, 3.63) is 34.9 Å². The summed E-state index contributed by atoms with van der Waals surface area (Å²) in [7, 11) is 0. The normalized spacial score (nSPS) is 15.1. The van der Waals surface area contributed by atoms with Gasteiger partial charge in [-0.15, -0.1) is 0 Å². The van der Waals surface area contributed by atoms with Crippen LogP contribution in [0, 0.1) is 0 Å². The molecule has 0 heterocycles. The summed E-state index contributed by atoms with van der Waals surface area (Å²) in [5.74, 6) is 0.494. The Kier molecular flexibility index (Phi) is 4.43. The van der Waals surface area contributed by atoms with E-state index in [-0.39, 0.29) is 0 Å². The molecule has 0 fully saturated rings. The van der Waals surface area contributed by atoms with Crippen LogP contribution in [0.15, 0.2) is 24.3 Å². The Hall–Kier alpha value is -0.530. The second-order valence-electron chi connectivity index (χ2n) is 3.69. The van der Waals surface area contributed by atoms with Crippen LogP contribution >= 0.6 is 11.6 Å². The minimum absolute atomic E-state index is 0.485. The lowest BCUT2D eigenvalue weighted by molar-refractivity contribution is 0.495. The van der Waals surface area contributed by atoms with Crippen LogP contribution in [0.5, 0.6) is 0 Å². The lowest BCUT2D eigenvalue weighted by Gasteiger charge is -2.21. The van der Waals surface area contributed by atoms with Crippen molar-refractivity contribution in [3.8, 4) is 0 Å². The Morgan fingerprint density at radius 3 is 2.64 bits per heavy atom. The number of benzene rings is 1. The highest BCUT2D eigenvalue weighted by Gasteiger charge is 2.12. The Bertz CT molecular complexity index is 285. The monoisotopic (exact) mass is 211 g/mol. The first kappa shape index (κ1) is 11.5. The van der Waals surface area contributed by atoms with Crippen molar-refractivity contribution < 1.29 is 0 Å². The molecule has 0 aliphatic heterocycles. The number of halogens is 1. The van der Waals surface area contributed by atoms with E-state index in [1.807, 2.05) is 18.2 Å². The standard InChI is InChI=1S/C12H18ClN/c1-4-14-10(3)9(2)11-6-5-7-12(13)8-11/h5-10,14H,4H2,1-3H3. The van der Waals surface area contributed by atoms with Crippen molar-refractivity contribution in [1.82, 2.24) is 5.32 Å². The van der Waals surface area contributed by atoms with E-state index in [9.17, 15) is 0 Å². The van der Waals surface area contributed by atoms with Crippen LogP contribution in [0.1, 0.15) is 32.3 Å². The van der Waals surface area contributed by atoms with E-state index in [0.29, 0.717) is 12.0 Å². The highest BCUT2D eigenvalue weighted by molar-refractivity contribution is 6.30. The Morgan fingerprint density at radius 1 is 1.36 bits per heavy atom. The van der Waals surface area contributed by atoms with Gasteiger partial charge in [-0.3, -0.25) is 0 Å². The predicted octanol–water partition coefficient (Wildman–Crippen LogP) is 3.44. The van der Waals surface area contributed by atoms with Gasteiger partial charge in [0.05, 0.1) is 0 Å². The third kappa shape index (κ3) is 3.00. The maximum atomic E-state index is 5.95. The molecular weight excluding hydrogens is 194 g/mol. The molecule has 1 aromatic carbocycles. The fourth-order valence-electron chi connectivity index (χ4n) is 1.58. The lowest BCUT2D eigenvalue weighted by atomic mass is 9.94. The summed E-state index contributed by atoms with van der Waals surface area (Å²) in [5, 5.41) is 4.24. The van der Waals surface area contributed by atoms with Crippen molar-refractivity contribution in [2.24, 2.45) is 0 Å². The number of hydrogen-bond acceptors (Lipinski definition) is 1. The first-order valence-corrected chi connectivity index (χ1v) is 5.51. The third-order valence-corrected chi connectivity index (χ3v) is 2.89. The topological polar surface area (TPSA) is 12.0 Å². The molecule has 1 aromatic rings. The van der Waals surface area contributed by atoms with Crippen LogP contribution in [0.4, 0.5) is 0 Å². The molecule has 0 aromatic heterocycles.